The number of hydrogen-bond donors (Lipinski definition) is 0. The van der Waals surface area contributed by atoms with E-state index in [9.17, 15) is 14.4 Å². The van der Waals surface area contributed by atoms with Gasteiger partial charge in [0, 0.05) is 19.3 Å². The molecule has 0 heterocycles. The van der Waals surface area contributed by atoms with E-state index in [4.69, 9.17) is 14.2 Å². The van der Waals surface area contributed by atoms with Crippen LogP contribution in [0.15, 0.2) is 170 Å². The van der Waals surface area contributed by atoms with Gasteiger partial charge in [0.2, 0.25) is 0 Å². The number of ether oxygens (including phenoxy) is 3. The third-order valence-electron chi connectivity index (χ3n) is 11.7. The lowest BCUT2D eigenvalue weighted by Crippen LogP contribution is -2.30. The van der Waals surface area contributed by atoms with E-state index in [1.807, 2.05) is 0 Å². The summed E-state index contributed by atoms with van der Waals surface area (Å²) in [5.74, 6) is -1.03. The minimum absolute atomic E-state index is 0.118. The van der Waals surface area contributed by atoms with Crippen LogP contribution in [0.1, 0.15) is 226 Å². The maximum atomic E-state index is 12.8. The summed E-state index contributed by atoms with van der Waals surface area (Å²) in [6.45, 7) is 6.27. The minimum Gasteiger partial charge on any atom is -0.462 e. The van der Waals surface area contributed by atoms with Gasteiger partial charge in [-0.05, 0) is 141 Å². The molecule has 0 bridgehead atoms. The highest BCUT2D eigenvalue weighted by Crippen LogP contribution is 2.12. The van der Waals surface area contributed by atoms with Crippen LogP contribution in [0.4, 0.5) is 0 Å². The Morgan fingerprint density at radius 3 is 0.880 bits per heavy atom. The zero-order valence-electron chi connectivity index (χ0n) is 47.7. The first-order valence-corrected chi connectivity index (χ1v) is 29.6. The van der Waals surface area contributed by atoms with Crippen molar-refractivity contribution < 1.29 is 28.6 Å². The number of esters is 3. The van der Waals surface area contributed by atoms with Gasteiger partial charge in [-0.1, -0.05) is 236 Å². The summed E-state index contributed by atoms with van der Waals surface area (Å²) in [4.78, 5) is 38.1. The summed E-state index contributed by atoms with van der Waals surface area (Å²) < 4.78 is 16.8. The van der Waals surface area contributed by atoms with Crippen LogP contribution in [0.25, 0.3) is 0 Å². The Morgan fingerprint density at radius 1 is 0.280 bits per heavy atom. The van der Waals surface area contributed by atoms with Crippen molar-refractivity contribution in [3.63, 3.8) is 0 Å². The van der Waals surface area contributed by atoms with Crippen LogP contribution < -0.4 is 0 Å². The van der Waals surface area contributed by atoms with Gasteiger partial charge in [-0.2, -0.15) is 0 Å². The van der Waals surface area contributed by atoms with Crippen molar-refractivity contribution in [1.29, 1.82) is 0 Å². The largest absolute Gasteiger partial charge is 0.462 e. The summed E-state index contributed by atoms with van der Waals surface area (Å²) in [5.41, 5.74) is 0. The molecule has 0 aliphatic rings. The summed E-state index contributed by atoms with van der Waals surface area (Å²) in [6, 6.07) is 0. The van der Waals surface area contributed by atoms with E-state index in [0.29, 0.717) is 12.8 Å². The maximum Gasteiger partial charge on any atom is 0.306 e. The Hall–Kier alpha value is -5.23. The topological polar surface area (TPSA) is 78.9 Å². The number of carbonyl (C=O) groups excluding carboxylic acids is 3. The molecule has 0 amide bonds. The second-order valence-electron chi connectivity index (χ2n) is 18.8. The van der Waals surface area contributed by atoms with Crippen LogP contribution in [-0.2, 0) is 28.6 Å². The number of unbranched alkanes of at least 4 members (excludes halogenated alkanes) is 12. The second kappa shape index (κ2) is 61.3. The zero-order chi connectivity index (χ0) is 54.3. The lowest BCUT2D eigenvalue weighted by atomic mass is 10.1. The number of allylic oxidation sites excluding steroid dienone is 28. The molecule has 6 heteroatoms. The molecule has 75 heavy (non-hydrogen) atoms. The van der Waals surface area contributed by atoms with Crippen LogP contribution in [0.2, 0.25) is 0 Å². The quantitative estimate of drug-likeness (QED) is 0.0261. The van der Waals surface area contributed by atoms with Crippen molar-refractivity contribution in [1.82, 2.24) is 0 Å². The van der Waals surface area contributed by atoms with E-state index < -0.39 is 6.10 Å². The van der Waals surface area contributed by atoms with E-state index in [2.05, 4.69) is 191 Å². The lowest BCUT2D eigenvalue weighted by Gasteiger charge is -2.18. The number of carbonyl (C=O) groups is 3. The van der Waals surface area contributed by atoms with Crippen LogP contribution in [0.3, 0.4) is 0 Å². The van der Waals surface area contributed by atoms with Gasteiger partial charge >= 0.3 is 17.9 Å². The molecule has 0 saturated carbocycles. The molecule has 0 radical (unpaired) electrons. The summed E-state index contributed by atoms with van der Waals surface area (Å²) in [6.07, 6.45) is 90.7. The molecule has 0 aromatic rings. The minimum atomic E-state index is -0.827. The predicted molar refractivity (Wildman–Crippen MR) is 325 cm³/mol. The van der Waals surface area contributed by atoms with Gasteiger partial charge in [-0.3, -0.25) is 14.4 Å². The third kappa shape index (κ3) is 59.5. The predicted octanol–water partition coefficient (Wildman–Crippen LogP) is 20.3. The SMILES string of the molecule is CC/C=C\C/C=C\C/C=C\C/C=C\C/C=C\C/C=C\C/C=C\C/C=C\C/C=C\CCCC(=O)OCC(COC(=O)CCCCCCC/C=C\CCCC)OC(=O)CCCCCC/C=C\C/C=C\C/C=C\C/C=C\CC. The van der Waals surface area contributed by atoms with Gasteiger partial charge in [-0.15, -0.1) is 0 Å². The fourth-order valence-corrected chi connectivity index (χ4v) is 7.30. The first kappa shape index (κ1) is 69.8. The Bertz CT molecular complexity index is 1750. The fourth-order valence-electron chi connectivity index (χ4n) is 7.30. The fraction of sp³-hybridized carbons (Fsp3) is 0.551. The molecule has 418 valence electrons. The molecule has 0 N–H and O–H groups in total. The molecule has 1 atom stereocenters. The Kier molecular flexibility index (Phi) is 57.0. The lowest BCUT2D eigenvalue weighted by molar-refractivity contribution is -0.167. The van der Waals surface area contributed by atoms with E-state index in [0.717, 1.165) is 154 Å². The molecule has 0 aromatic heterocycles. The van der Waals surface area contributed by atoms with E-state index in [-0.39, 0.29) is 44.0 Å². The third-order valence-corrected chi connectivity index (χ3v) is 11.7. The van der Waals surface area contributed by atoms with Gasteiger partial charge in [0.15, 0.2) is 6.10 Å². The van der Waals surface area contributed by atoms with E-state index in [1.165, 1.54) is 25.7 Å². The first-order valence-electron chi connectivity index (χ1n) is 29.6. The van der Waals surface area contributed by atoms with Gasteiger partial charge in [0.1, 0.15) is 13.2 Å². The maximum absolute atomic E-state index is 12.8. The Labute approximate surface area is 460 Å². The van der Waals surface area contributed by atoms with Crippen molar-refractivity contribution in [2.24, 2.45) is 0 Å². The monoisotopic (exact) mass is 1030 g/mol. The zero-order valence-corrected chi connectivity index (χ0v) is 47.7. The normalized spacial score (nSPS) is 13.4. The Morgan fingerprint density at radius 2 is 0.533 bits per heavy atom. The summed E-state index contributed by atoms with van der Waals surface area (Å²) in [7, 11) is 0. The highest BCUT2D eigenvalue weighted by atomic mass is 16.6. The van der Waals surface area contributed by atoms with E-state index in [1.54, 1.807) is 0 Å². The van der Waals surface area contributed by atoms with Crippen molar-refractivity contribution >= 4 is 17.9 Å². The molecule has 0 spiro atoms. The molecule has 0 aliphatic carbocycles. The van der Waals surface area contributed by atoms with Gasteiger partial charge in [0.05, 0.1) is 0 Å². The second-order valence-corrected chi connectivity index (χ2v) is 18.8. The highest BCUT2D eigenvalue weighted by molar-refractivity contribution is 5.71. The van der Waals surface area contributed by atoms with Crippen molar-refractivity contribution in [3.05, 3.63) is 170 Å². The number of rotatable bonds is 51. The molecule has 0 aromatic carbocycles. The molecule has 1 unspecified atom stereocenters. The van der Waals surface area contributed by atoms with E-state index >= 15 is 0 Å². The standard InChI is InChI=1S/C69H106O6/c1-4-7-10-13-16-19-22-24-26-28-29-30-31-32-33-34-35-36-37-38-39-41-42-44-47-50-53-56-59-62-68(71)74-65-66(64-73-67(70)61-58-55-52-49-46-21-18-15-12-9-6-3)75-69(72)63-60-57-54-51-48-45-43-40-27-25-23-20-17-14-11-8-5-2/h7-8,10-11,15-20,24-27,29-30,32-33,35-36,38-39,42-45,50,53,66H,4-6,9,12-14,21-23,28,31,34,37,40-41,46-49,51-52,54-65H2,1-3H3/b10-7-,11-8-,18-15-,19-16-,20-17-,26-24-,27-25-,30-29-,33-32-,36-35-,39-38-,44-42-,45-43-,53-50-. The first-order chi connectivity index (χ1) is 37.0. The van der Waals surface area contributed by atoms with Crippen molar-refractivity contribution in [3.8, 4) is 0 Å². The van der Waals surface area contributed by atoms with Crippen LogP contribution in [0.5, 0.6) is 0 Å². The molecular weight excluding hydrogens is 925 g/mol. The van der Waals surface area contributed by atoms with Crippen molar-refractivity contribution in [2.75, 3.05) is 13.2 Å². The summed E-state index contributed by atoms with van der Waals surface area (Å²) >= 11 is 0. The molecule has 0 aliphatic heterocycles. The van der Waals surface area contributed by atoms with Gasteiger partial charge in [0.25, 0.3) is 0 Å². The highest BCUT2D eigenvalue weighted by Gasteiger charge is 2.19. The summed E-state index contributed by atoms with van der Waals surface area (Å²) in [5, 5.41) is 0. The van der Waals surface area contributed by atoms with Crippen LogP contribution >= 0.6 is 0 Å². The average molecular weight is 1030 g/mol. The number of hydrogen-bond acceptors (Lipinski definition) is 6. The molecule has 6 nitrogen and oxygen atoms in total. The molecular formula is C69H106O6. The van der Waals surface area contributed by atoms with Crippen LogP contribution in [0, 0.1) is 0 Å². The molecule has 0 rings (SSSR count). The molecule has 0 saturated heterocycles. The Balaban J connectivity index is 4.47. The van der Waals surface area contributed by atoms with Gasteiger partial charge < -0.3 is 14.2 Å². The molecule has 0 fully saturated rings. The van der Waals surface area contributed by atoms with Crippen LogP contribution in [-0.4, -0.2) is 37.2 Å². The smallest absolute Gasteiger partial charge is 0.306 e. The average Bonchev–Trinajstić information content (AvgIpc) is 3.41. The van der Waals surface area contributed by atoms with Crippen molar-refractivity contribution in [2.45, 2.75) is 232 Å². The van der Waals surface area contributed by atoms with Gasteiger partial charge in [-0.25, -0.2) is 0 Å².